The van der Waals surface area contributed by atoms with Gasteiger partial charge in [-0.2, -0.15) is 0 Å². The molecule has 3 aliphatic rings. The molecule has 116 valence electrons. The molecule has 5 heteroatoms. The van der Waals surface area contributed by atoms with Crippen LogP contribution < -0.4 is 5.73 Å². The van der Waals surface area contributed by atoms with Gasteiger partial charge < -0.3 is 20.1 Å². The summed E-state index contributed by atoms with van der Waals surface area (Å²) in [5.41, 5.74) is 6.41. The van der Waals surface area contributed by atoms with Gasteiger partial charge in [0.05, 0.1) is 13.2 Å². The highest BCUT2D eigenvalue weighted by Gasteiger charge is 2.46. The van der Waals surface area contributed by atoms with Crippen molar-refractivity contribution >= 4 is 0 Å². The minimum Gasteiger partial charge on any atom is -0.347 e. The second kappa shape index (κ2) is 5.89. The van der Waals surface area contributed by atoms with Gasteiger partial charge in [0, 0.05) is 37.5 Å². The van der Waals surface area contributed by atoms with Crippen molar-refractivity contribution in [1.82, 2.24) is 9.80 Å². The van der Waals surface area contributed by atoms with Crippen molar-refractivity contribution in [1.29, 1.82) is 0 Å². The maximum absolute atomic E-state index is 6.41. The molecule has 2 aliphatic heterocycles. The van der Waals surface area contributed by atoms with Crippen LogP contribution in [0.2, 0.25) is 0 Å². The number of piperidine rings is 1. The number of ether oxygens (including phenoxy) is 2. The zero-order valence-electron chi connectivity index (χ0n) is 12.9. The number of hydrogen-bond donors (Lipinski definition) is 1. The minimum atomic E-state index is -0.338. The molecule has 20 heavy (non-hydrogen) atoms. The van der Waals surface area contributed by atoms with Crippen molar-refractivity contribution in [3.05, 3.63) is 0 Å². The summed E-state index contributed by atoms with van der Waals surface area (Å²) in [6.45, 7) is 3.83. The Morgan fingerprint density at radius 2 is 2.00 bits per heavy atom. The van der Waals surface area contributed by atoms with Gasteiger partial charge in [0.2, 0.25) is 0 Å². The molecule has 3 unspecified atom stereocenters. The van der Waals surface area contributed by atoms with E-state index in [1.807, 2.05) is 0 Å². The van der Waals surface area contributed by atoms with Crippen molar-refractivity contribution in [2.45, 2.75) is 56.0 Å². The van der Waals surface area contributed by atoms with E-state index in [-0.39, 0.29) is 11.8 Å². The molecule has 0 aromatic heterocycles. The van der Waals surface area contributed by atoms with Gasteiger partial charge in [-0.05, 0) is 39.9 Å². The molecule has 1 saturated carbocycles. The average molecular weight is 283 g/mol. The zero-order chi connectivity index (χ0) is 14.2. The van der Waals surface area contributed by atoms with Crippen LogP contribution in [0.1, 0.15) is 32.1 Å². The number of rotatable bonds is 2. The van der Waals surface area contributed by atoms with Crippen molar-refractivity contribution in [3.63, 3.8) is 0 Å². The van der Waals surface area contributed by atoms with Gasteiger partial charge in [0.25, 0.3) is 0 Å². The molecule has 2 heterocycles. The van der Waals surface area contributed by atoms with Crippen LogP contribution in [0.5, 0.6) is 0 Å². The highest BCUT2D eigenvalue weighted by Crippen LogP contribution is 2.37. The van der Waals surface area contributed by atoms with E-state index in [0.717, 1.165) is 39.0 Å². The van der Waals surface area contributed by atoms with Crippen LogP contribution in [0.3, 0.4) is 0 Å². The minimum absolute atomic E-state index is 0.241. The van der Waals surface area contributed by atoms with E-state index >= 15 is 0 Å². The molecule has 3 atom stereocenters. The van der Waals surface area contributed by atoms with Gasteiger partial charge in [0.15, 0.2) is 5.79 Å². The zero-order valence-corrected chi connectivity index (χ0v) is 12.9. The molecule has 1 spiro atoms. The van der Waals surface area contributed by atoms with Crippen LogP contribution in [0.15, 0.2) is 0 Å². The lowest BCUT2D eigenvalue weighted by Crippen LogP contribution is -2.59. The number of nitrogens with zero attached hydrogens (tertiary/aromatic N) is 2. The molecule has 3 fully saturated rings. The van der Waals surface area contributed by atoms with E-state index in [1.165, 1.54) is 19.4 Å². The quantitative estimate of drug-likeness (QED) is 0.806. The molecule has 0 aromatic carbocycles. The summed E-state index contributed by atoms with van der Waals surface area (Å²) in [7, 11) is 4.45. The largest absolute Gasteiger partial charge is 0.347 e. The van der Waals surface area contributed by atoms with E-state index < -0.39 is 0 Å². The van der Waals surface area contributed by atoms with Gasteiger partial charge in [-0.25, -0.2) is 0 Å². The van der Waals surface area contributed by atoms with E-state index in [2.05, 4.69) is 23.9 Å². The lowest BCUT2D eigenvalue weighted by Gasteiger charge is -2.47. The predicted octanol–water partition coefficient (Wildman–Crippen LogP) is 0.635. The SMILES string of the molecule is CN1CCCC(N(C)C2CC3(CCC2N)OCCO3)C1. The Morgan fingerprint density at radius 3 is 2.70 bits per heavy atom. The Labute approximate surface area is 122 Å². The first-order valence-electron chi connectivity index (χ1n) is 8.04. The molecule has 0 bridgehead atoms. The molecule has 2 saturated heterocycles. The second-order valence-corrected chi connectivity index (χ2v) is 6.81. The fourth-order valence-electron chi connectivity index (χ4n) is 4.10. The highest BCUT2D eigenvalue weighted by molar-refractivity contribution is 4.96. The Morgan fingerprint density at radius 1 is 1.25 bits per heavy atom. The number of hydrogen-bond acceptors (Lipinski definition) is 5. The summed E-state index contributed by atoms with van der Waals surface area (Å²) in [5, 5.41) is 0. The van der Waals surface area contributed by atoms with Gasteiger partial charge >= 0.3 is 0 Å². The molecule has 0 aromatic rings. The monoisotopic (exact) mass is 283 g/mol. The molecule has 0 amide bonds. The van der Waals surface area contributed by atoms with E-state index in [4.69, 9.17) is 15.2 Å². The van der Waals surface area contributed by atoms with Gasteiger partial charge in [-0.3, -0.25) is 4.90 Å². The Bertz CT molecular complexity index is 333. The summed E-state index contributed by atoms with van der Waals surface area (Å²) < 4.78 is 11.8. The topological polar surface area (TPSA) is 51.0 Å². The molecule has 2 N–H and O–H groups in total. The summed E-state index contributed by atoms with van der Waals surface area (Å²) in [6.07, 6.45) is 5.43. The van der Waals surface area contributed by atoms with Gasteiger partial charge in [-0.15, -0.1) is 0 Å². The summed E-state index contributed by atoms with van der Waals surface area (Å²) in [4.78, 5) is 4.93. The number of likely N-dealkylation sites (N-methyl/N-ethyl adjacent to an activating group) is 2. The fourth-order valence-corrected chi connectivity index (χ4v) is 4.10. The third-order valence-electron chi connectivity index (χ3n) is 5.39. The van der Waals surface area contributed by atoms with E-state index in [9.17, 15) is 0 Å². The molecule has 5 nitrogen and oxygen atoms in total. The normalized spacial score (nSPS) is 38.7. The lowest BCUT2D eigenvalue weighted by molar-refractivity contribution is -0.193. The number of nitrogens with two attached hydrogens (primary N) is 1. The van der Waals surface area contributed by atoms with Gasteiger partial charge in [-0.1, -0.05) is 0 Å². The Kier molecular flexibility index (Phi) is 4.34. The van der Waals surface area contributed by atoms with E-state index in [1.54, 1.807) is 0 Å². The average Bonchev–Trinajstić information content (AvgIpc) is 2.89. The molecular weight excluding hydrogens is 254 g/mol. The van der Waals surface area contributed by atoms with Crippen LogP contribution in [0.25, 0.3) is 0 Å². The number of likely N-dealkylation sites (tertiary alicyclic amines) is 1. The predicted molar refractivity (Wildman–Crippen MR) is 78.5 cm³/mol. The standard InChI is InChI=1S/C15H29N3O2/c1-17-7-3-4-12(11-17)18(2)14-10-15(6-5-13(14)16)19-8-9-20-15/h12-14H,3-11,16H2,1-2H3. The Balaban J connectivity index is 1.66. The smallest absolute Gasteiger partial charge is 0.170 e. The van der Waals surface area contributed by atoms with Crippen LogP contribution in [0, 0.1) is 0 Å². The highest BCUT2D eigenvalue weighted by atomic mass is 16.7. The first-order chi connectivity index (χ1) is 9.60. The van der Waals surface area contributed by atoms with Crippen molar-refractivity contribution in [3.8, 4) is 0 Å². The van der Waals surface area contributed by atoms with Crippen LogP contribution in [0.4, 0.5) is 0 Å². The first-order valence-corrected chi connectivity index (χ1v) is 8.04. The van der Waals surface area contributed by atoms with Crippen molar-refractivity contribution < 1.29 is 9.47 Å². The van der Waals surface area contributed by atoms with Crippen LogP contribution in [-0.4, -0.2) is 74.1 Å². The first kappa shape index (κ1) is 14.7. The lowest BCUT2D eigenvalue weighted by atomic mass is 9.84. The van der Waals surface area contributed by atoms with Crippen LogP contribution in [-0.2, 0) is 9.47 Å². The van der Waals surface area contributed by atoms with Crippen molar-refractivity contribution in [2.24, 2.45) is 5.73 Å². The molecule has 0 radical (unpaired) electrons. The van der Waals surface area contributed by atoms with Gasteiger partial charge in [0.1, 0.15) is 0 Å². The second-order valence-electron chi connectivity index (χ2n) is 6.81. The maximum Gasteiger partial charge on any atom is 0.170 e. The van der Waals surface area contributed by atoms with Crippen LogP contribution >= 0.6 is 0 Å². The Hall–Kier alpha value is -0.200. The molecule has 3 rings (SSSR count). The maximum atomic E-state index is 6.41. The molecule has 1 aliphatic carbocycles. The fraction of sp³-hybridized carbons (Fsp3) is 1.00. The molecular formula is C15H29N3O2. The summed E-state index contributed by atoms with van der Waals surface area (Å²) >= 11 is 0. The summed E-state index contributed by atoms with van der Waals surface area (Å²) in [5.74, 6) is -0.338. The van der Waals surface area contributed by atoms with Crippen molar-refractivity contribution in [2.75, 3.05) is 40.4 Å². The van der Waals surface area contributed by atoms with E-state index in [0.29, 0.717) is 12.1 Å². The summed E-state index contributed by atoms with van der Waals surface area (Å²) in [6, 6.07) is 1.23. The third kappa shape index (κ3) is 2.88. The third-order valence-corrected chi connectivity index (χ3v) is 5.39.